The Labute approximate surface area is 143 Å². The lowest BCUT2D eigenvalue weighted by Crippen LogP contribution is -2.42. The van der Waals surface area contributed by atoms with Gasteiger partial charge in [0.2, 0.25) is 0 Å². The zero-order valence-corrected chi connectivity index (χ0v) is 15.1. The fourth-order valence-electron chi connectivity index (χ4n) is 1.80. The van der Waals surface area contributed by atoms with Gasteiger partial charge in [-0.3, -0.25) is 9.59 Å². The maximum Gasteiger partial charge on any atom is 0.307 e. The van der Waals surface area contributed by atoms with Crippen molar-refractivity contribution >= 4 is 37.2 Å². The SMILES string of the molecule is CCOC(=O)C[C@H](CS)NCCN[C@@H](CS)CC(=O)OCC. The van der Waals surface area contributed by atoms with Gasteiger partial charge in [0.15, 0.2) is 0 Å². The minimum atomic E-state index is -0.224. The van der Waals surface area contributed by atoms with Gasteiger partial charge < -0.3 is 20.1 Å². The van der Waals surface area contributed by atoms with Crippen molar-refractivity contribution in [1.29, 1.82) is 0 Å². The van der Waals surface area contributed by atoms with Gasteiger partial charge in [-0.25, -0.2) is 0 Å². The van der Waals surface area contributed by atoms with E-state index < -0.39 is 0 Å². The Morgan fingerprint density at radius 2 is 1.23 bits per heavy atom. The molecule has 0 amide bonds. The second kappa shape index (κ2) is 14.2. The minimum Gasteiger partial charge on any atom is -0.466 e. The molecule has 0 aliphatic carbocycles. The van der Waals surface area contributed by atoms with E-state index >= 15 is 0 Å². The molecule has 2 N–H and O–H groups in total. The third kappa shape index (κ3) is 11.2. The zero-order valence-electron chi connectivity index (χ0n) is 13.3. The Morgan fingerprint density at radius 1 is 0.864 bits per heavy atom. The smallest absolute Gasteiger partial charge is 0.307 e. The van der Waals surface area contributed by atoms with E-state index in [2.05, 4.69) is 35.9 Å². The van der Waals surface area contributed by atoms with Gasteiger partial charge in [0.25, 0.3) is 0 Å². The highest BCUT2D eigenvalue weighted by atomic mass is 32.1. The summed E-state index contributed by atoms with van der Waals surface area (Å²) in [5.74, 6) is 0.657. The number of hydrogen-bond donors (Lipinski definition) is 4. The van der Waals surface area contributed by atoms with Crippen LogP contribution in [0, 0.1) is 0 Å². The molecule has 0 fully saturated rings. The maximum atomic E-state index is 11.4. The average molecular weight is 353 g/mol. The first-order valence-electron chi connectivity index (χ1n) is 7.57. The summed E-state index contributed by atoms with van der Waals surface area (Å²) in [6.07, 6.45) is 0.603. The van der Waals surface area contributed by atoms with E-state index in [1.54, 1.807) is 13.8 Å². The van der Waals surface area contributed by atoms with Crippen molar-refractivity contribution in [2.24, 2.45) is 0 Å². The highest BCUT2D eigenvalue weighted by molar-refractivity contribution is 7.80. The van der Waals surface area contributed by atoms with Crippen LogP contribution in [0.3, 0.4) is 0 Å². The Kier molecular flexibility index (Phi) is 13.9. The van der Waals surface area contributed by atoms with Crippen LogP contribution in [-0.4, -0.2) is 61.8 Å². The van der Waals surface area contributed by atoms with Crippen LogP contribution in [0.25, 0.3) is 0 Å². The summed E-state index contributed by atoms with van der Waals surface area (Å²) in [4.78, 5) is 22.8. The first kappa shape index (κ1) is 21.6. The van der Waals surface area contributed by atoms with Gasteiger partial charge in [-0.15, -0.1) is 0 Å². The normalized spacial score (nSPS) is 13.5. The van der Waals surface area contributed by atoms with Crippen molar-refractivity contribution in [3.8, 4) is 0 Å². The number of esters is 2. The minimum absolute atomic E-state index is 0.0244. The Balaban J connectivity index is 3.90. The number of nitrogens with one attached hydrogen (secondary N) is 2. The zero-order chi connectivity index (χ0) is 16.8. The van der Waals surface area contributed by atoms with Gasteiger partial charge in [0, 0.05) is 36.7 Å². The Morgan fingerprint density at radius 3 is 1.50 bits per heavy atom. The highest BCUT2D eigenvalue weighted by Gasteiger charge is 2.14. The molecule has 0 heterocycles. The lowest BCUT2D eigenvalue weighted by Gasteiger charge is -2.18. The van der Waals surface area contributed by atoms with Crippen molar-refractivity contribution in [2.75, 3.05) is 37.8 Å². The Bertz CT molecular complexity index is 289. The Hall–Kier alpha value is -0.440. The number of carbonyl (C=O) groups excluding carboxylic acids is 2. The van der Waals surface area contributed by atoms with Crippen molar-refractivity contribution in [2.45, 2.75) is 38.8 Å². The highest BCUT2D eigenvalue weighted by Crippen LogP contribution is 1.99. The number of hydrogen-bond acceptors (Lipinski definition) is 8. The lowest BCUT2D eigenvalue weighted by atomic mass is 10.2. The molecule has 6 nitrogen and oxygen atoms in total. The molecular formula is C14H28N2O4S2. The fraction of sp³-hybridized carbons (Fsp3) is 0.857. The number of carbonyl (C=O) groups is 2. The molecule has 8 heteroatoms. The molecule has 0 aromatic rings. The van der Waals surface area contributed by atoms with Crippen molar-refractivity contribution in [1.82, 2.24) is 10.6 Å². The molecule has 0 saturated heterocycles. The van der Waals surface area contributed by atoms with E-state index in [4.69, 9.17) is 9.47 Å². The summed E-state index contributed by atoms with van der Waals surface area (Å²) < 4.78 is 9.83. The molecule has 130 valence electrons. The second-order valence-electron chi connectivity index (χ2n) is 4.69. The van der Waals surface area contributed by atoms with Crippen molar-refractivity contribution in [3.63, 3.8) is 0 Å². The summed E-state index contributed by atoms with van der Waals surface area (Å²) in [7, 11) is 0. The van der Waals surface area contributed by atoms with Crippen LogP contribution in [-0.2, 0) is 19.1 Å². The standard InChI is InChI=1S/C14H28N2O4S2/c1-3-19-13(17)7-11(9-21)15-5-6-16-12(10-22)8-14(18)20-4-2/h11-12,15-16,21-22H,3-10H2,1-2H3/t11-,12-/m1/s1. The predicted octanol–water partition coefficient (Wildman–Crippen LogP) is 0.669. The molecule has 0 aromatic carbocycles. The van der Waals surface area contributed by atoms with Gasteiger partial charge >= 0.3 is 11.9 Å². The van der Waals surface area contributed by atoms with Crippen LogP contribution in [0.5, 0.6) is 0 Å². The van der Waals surface area contributed by atoms with E-state index in [1.165, 1.54) is 0 Å². The molecule has 0 bridgehead atoms. The van der Waals surface area contributed by atoms with E-state index in [1.807, 2.05) is 0 Å². The topological polar surface area (TPSA) is 76.7 Å². The summed E-state index contributed by atoms with van der Waals surface area (Å²) in [5, 5.41) is 6.47. The second-order valence-corrected chi connectivity index (χ2v) is 5.42. The first-order chi connectivity index (χ1) is 10.6. The molecule has 0 aliphatic rings. The van der Waals surface area contributed by atoms with E-state index in [0.717, 1.165) is 0 Å². The quantitative estimate of drug-likeness (QED) is 0.222. The van der Waals surface area contributed by atoms with Crippen LogP contribution < -0.4 is 10.6 Å². The van der Waals surface area contributed by atoms with Gasteiger partial charge in [-0.05, 0) is 13.8 Å². The number of thiol groups is 2. The van der Waals surface area contributed by atoms with Crippen LogP contribution in [0.15, 0.2) is 0 Å². The predicted molar refractivity (Wildman–Crippen MR) is 93.8 cm³/mol. The molecule has 0 aromatic heterocycles. The molecule has 0 spiro atoms. The molecule has 22 heavy (non-hydrogen) atoms. The first-order valence-corrected chi connectivity index (χ1v) is 8.83. The molecule has 0 rings (SSSR count). The molecule has 2 atom stereocenters. The third-order valence-electron chi connectivity index (χ3n) is 2.87. The maximum absolute atomic E-state index is 11.4. The summed E-state index contributed by atoms with van der Waals surface area (Å²) >= 11 is 8.45. The average Bonchev–Trinajstić information content (AvgIpc) is 2.49. The monoisotopic (exact) mass is 352 g/mol. The van der Waals surface area contributed by atoms with Gasteiger partial charge in [-0.1, -0.05) is 0 Å². The van der Waals surface area contributed by atoms with E-state index in [9.17, 15) is 9.59 Å². The van der Waals surface area contributed by atoms with Crippen molar-refractivity contribution in [3.05, 3.63) is 0 Å². The molecule has 0 radical (unpaired) electrons. The van der Waals surface area contributed by atoms with Crippen LogP contribution in [0.2, 0.25) is 0 Å². The van der Waals surface area contributed by atoms with Gasteiger partial charge in [0.05, 0.1) is 26.1 Å². The summed E-state index contributed by atoms with van der Waals surface area (Å²) in [6, 6.07) is -0.0487. The number of rotatable bonds is 13. The summed E-state index contributed by atoms with van der Waals surface area (Å²) in [5.41, 5.74) is 0. The third-order valence-corrected chi connectivity index (χ3v) is 3.75. The molecular weight excluding hydrogens is 324 g/mol. The number of ether oxygens (including phenoxy) is 2. The largest absolute Gasteiger partial charge is 0.466 e. The van der Waals surface area contributed by atoms with Gasteiger partial charge in [-0.2, -0.15) is 25.3 Å². The van der Waals surface area contributed by atoms with Crippen molar-refractivity contribution < 1.29 is 19.1 Å². The summed E-state index contributed by atoms with van der Waals surface area (Å²) in [6.45, 7) is 5.67. The van der Waals surface area contributed by atoms with Crippen LogP contribution >= 0.6 is 25.3 Å². The van der Waals surface area contributed by atoms with Gasteiger partial charge in [0.1, 0.15) is 0 Å². The molecule has 0 saturated carbocycles. The van der Waals surface area contributed by atoms with E-state index in [0.29, 0.717) is 50.7 Å². The fourth-order valence-corrected chi connectivity index (χ4v) is 2.31. The van der Waals surface area contributed by atoms with E-state index in [-0.39, 0.29) is 24.0 Å². The molecule has 0 unspecified atom stereocenters. The lowest BCUT2D eigenvalue weighted by molar-refractivity contribution is -0.144. The molecule has 0 aliphatic heterocycles. The van der Waals surface area contributed by atoms with Crippen LogP contribution in [0.1, 0.15) is 26.7 Å². The van der Waals surface area contributed by atoms with Crippen LogP contribution in [0.4, 0.5) is 0 Å².